The molecule has 2 aliphatic heterocycles. The Hall–Kier alpha value is -4.22. The van der Waals surface area contributed by atoms with E-state index < -0.39 is 0 Å². The van der Waals surface area contributed by atoms with Gasteiger partial charge in [-0.05, 0) is 35.9 Å². The Morgan fingerprint density at radius 3 is 2.54 bits per heavy atom. The Morgan fingerprint density at radius 1 is 0.892 bits per heavy atom. The van der Waals surface area contributed by atoms with Crippen LogP contribution in [0.25, 0.3) is 22.0 Å². The van der Waals surface area contributed by atoms with Crippen molar-refractivity contribution in [1.29, 1.82) is 5.26 Å². The third-order valence-electron chi connectivity index (χ3n) is 7.17. The summed E-state index contributed by atoms with van der Waals surface area (Å²) in [6.45, 7) is 7.42. The standard InChI is InChI=1S/C29H29N7O/c1-21-20-35(28-25(19-30)7-4-10-31-28)11-12-36(21)27-18-26(32-29(33-27)34-13-15-37-16-14-34)24-9-8-22-5-2-3-6-23(22)17-24/h2-10,17-18,21H,11-16,20H2,1H3/t21-/m1/s1. The van der Waals surface area contributed by atoms with Gasteiger partial charge in [0, 0.05) is 56.6 Å². The highest BCUT2D eigenvalue weighted by Gasteiger charge is 2.28. The molecule has 0 N–H and O–H groups in total. The first-order chi connectivity index (χ1) is 18.2. The molecule has 186 valence electrons. The summed E-state index contributed by atoms with van der Waals surface area (Å²) < 4.78 is 5.58. The van der Waals surface area contributed by atoms with Crippen LogP contribution in [-0.2, 0) is 4.74 Å². The van der Waals surface area contributed by atoms with Gasteiger partial charge in [-0.3, -0.25) is 0 Å². The third kappa shape index (κ3) is 4.66. The van der Waals surface area contributed by atoms with Crippen LogP contribution in [-0.4, -0.2) is 66.9 Å². The minimum atomic E-state index is 0.180. The van der Waals surface area contributed by atoms with Crippen LogP contribution in [0.4, 0.5) is 17.6 Å². The zero-order valence-electron chi connectivity index (χ0n) is 20.9. The Kier molecular flexibility index (Phi) is 6.29. The van der Waals surface area contributed by atoms with Gasteiger partial charge < -0.3 is 19.4 Å². The number of nitriles is 1. The predicted molar refractivity (Wildman–Crippen MR) is 146 cm³/mol. The molecule has 8 heteroatoms. The van der Waals surface area contributed by atoms with Gasteiger partial charge in [0.15, 0.2) is 0 Å². The van der Waals surface area contributed by atoms with E-state index in [1.807, 2.05) is 12.1 Å². The number of aromatic nitrogens is 3. The van der Waals surface area contributed by atoms with Crippen LogP contribution in [0.2, 0.25) is 0 Å². The molecule has 2 fully saturated rings. The number of hydrogen-bond acceptors (Lipinski definition) is 8. The Labute approximate surface area is 216 Å². The maximum Gasteiger partial charge on any atom is 0.228 e. The van der Waals surface area contributed by atoms with E-state index in [2.05, 4.69) is 81.2 Å². The number of nitrogens with zero attached hydrogens (tertiary/aromatic N) is 7. The van der Waals surface area contributed by atoms with Gasteiger partial charge in [-0.15, -0.1) is 0 Å². The fourth-order valence-electron chi connectivity index (χ4n) is 5.20. The van der Waals surface area contributed by atoms with Gasteiger partial charge in [0.25, 0.3) is 0 Å². The molecule has 2 aromatic carbocycles. The van der Waals surface area contributed by atoms with E-state index in [-0.39, 0.29) is 6.04 Å². The number of piperazine rings is 1. The second-order valence-corrected chi connectivity index (χ2v) is 9.55. The van der Waals surface area contributed by atoms with Crippen LogP contribution >= 0.6 is 0 Å². The average molecular weight is 492 g/mol. The molecule has 2 aliphatic rings. The van der Waals surface area contributed by atoms with Crippen LogP contribution in [0.5, 0.6) is 0 Å². The average Bonchev–Trinajstić information content (AvgIpc) is 2.97. The van der Waals surface area contributed by atoms with Crippen molar-refractivity contribution < 1.29 is 4.74 Å². The van der Waals surface area contributed by atoms with Gasteiger partial charge in [0.2, 0.25) is 5.95 Å². The van der Waals surface area contributed by atoms with E-state index in [1.54, 1.807) is 6.20 Å². The minimum Gasteiger partial charge on any atom is -0.378 e. The van der Waals surface area contributed by atoms with Gasteiger partial charge in [-0.1, -0.05) is 36.4 Å². The number of benzene rings is 2. The zero-order valence-corrected chi connectivity index (χ0v) is 20.9. The monoisotopic (exact) mass is 491 g/mol. The second kappa shape index (κ2) is 10.0. The largest absolute Gasteiger partial charge is 0.378 e. The molecule has 0 spiro atoms. The summed E-state index contributed by atoms with van der Waals surface area (Å²) in [4.78, 5) is 21.3. The lowest BCUT2D eigenvalue weighted by Crippen LogP contribution is -2.53. The molecule has 37 heavy (non-hydrogen) atoms. The number of pyridine rings is 1. The second-order valence-electron chi connectivity index (χ2n) is 9.55. The molecule has 0 aliphatic carbocycles. The minimum absolute atomic E-state index is 0.180. The normalized spacial score (nSPS) is 18.2. The number of rotatable bonds is 4. The summed E-state index contributed by atoms with van der Waals surface area (Å²) in [6, 6.07) is 23.1. The Bertz CT molecular complexity index is 1460. The number of anilines is 3. The topological polar surface area (TPSA) is 81.4 Å². The van der Waals surface area contributed by atoms with E-state index in [0.29, 0.717) is 18.8 Å². The van der Waals surface area contributed by atoms with Crippen molar-refractivity contribution in [2.45, 2.75) is 13.0 Å². The molecule has 4 heterocycles. The van der Waals surface area contributed by atoms with Crippen LogP contribution in [0.15, 0.2) is 66.9 Å². The highest BCUT2D eigenvalue weighted by Crippen LogP contribution is 2.30. The van der Waals surface area contributed by atoms with E-state index in [0.717, 1.165) is 61.6 Å². The molecule has 0 amide bonds. The first-order valence-corrected chi connectivity index (χ1v) is 12.8. The Balaban J connectivity index is 1.35. The van der Waals surface area contributed by atoms with Crippen LogP contribution < -0.4 is 14.7 Å². The van der Waals surface area contributed by atoms with Crippen LogP contribution in [0.3, 0.4) is 0 Å². The molecule has 0 radical (unpaired) electrons. The van der Waals surface area contributed by atoms with Gasteiger partial charge in [-0.2, -0.15) is 10.2 Å². The maximum absolute atomic E-state index is 9.55. The summed E-state index contributed by atoms with van der Waals surface area (Å²) in [6.07, 6.45) is 1.75. The predicted octanol–water partition coefficient (Wildman–Crippen LogP) is 4.12. The summed E-state index contributed by atoms with van der Waals surface area (Å²) >= 11 is 0. The molecule has 2 aromatic heterocycles. The maximum atomic E-state index is 9.55. The highest BCUT2D eigenvalue weighted by molar-refractivity contribution is 5.87. The molecule has 1 atom stereocenters. The fraction of sp³-hybridized carbons (Fsp3) is 0.310. The number of fused-ring (bicyclic) bond motifs is 1. The molecular formula is C29H29N7O. The summed E-state index contributed by atoms with van der Waals surface area (Å²) in [5.74, 6) is 2.42. The van der Waals surface area contributed by atoms with E-state index in [1.165, 1.54) is 10.8 Å². The lowest BCUT2D eigenvalue weighted by atomic mass is 10.0. The number of ether oxygens (including phenoxy) is 1. The highest BCUT2D eigenvalue weighted by atomic mass is 16.5. The molecule has 6 rings (SSSR count). The van der Waals surface area contributed by atoms with Gasteiger partial charge in [0.05, 0.1) is 24.5 Å². The quantitative estimate of drug-likeness (QED) is 0.422. The van der Waals surface area contributed by atoms with Crippen molar-refractivity contribution in [3.8, 4) is 17.3 Å². The van der Waals surface area contributed by atoms with Crippen molar-refractivity contribution in [2.24, 2.45) is 0 Å². The van der Waals surface area contributed by atoms with Gasteiger partial charge in [-0.25, -0.2) is 9.97 Å². The van der Waals surface area contributed by atoms with Gasteiger partial charge in [0.1, 0.15) is 17.7 Å². The molecule has 8 nitrogen and oxygen atoms in total. The molecule has 2 saturated heterocycles. The van der Waals surface area contributed by atoms with Crippen molar-refractivity contribution >= 4 is 28.4 Å². The van der Waals surface area contributed by atoms with E-state index >= 15 is 0 Å². The zero-order chi connectivity index (χ0) is 25.2. The Morgan fingerprint density at radius 2 is 1.73 bits per heavy atom. The summed E-state index contributed by atoms with van der Waals surface area (Å²) in [7, 11) is 0. The fourth-order valence-corrected chi connectivity index (χ4v) is 5.20. The molecular weight excluding hydrogens is 462 g/mol. The van der Waals surface area contributed by atoms with Crippen molar-refractivity contribution in [1.82, 2.24) is 15.0 Å². The first kappa shape index (κ1) is 23.2. The van der Waals surface area contributed by atoms with Crippen molar-refractivity contribution in [3.05, 3.63) is 72.4 Å². The molecule has 0 bridgehead atoms. The lowest BCUT2D eigenvalue weighted by molar-refractivity contribution is 0.122. The first-order valence-electron chi connectivity index (χ1n) is 12.8. The summed E-state index contributed by atoms with van der Waals surface area (Å²) in [5, 5.41) is 12.0. The van der Waals surface area contributed by atoms with E-state index in [4.69, 9.17) is 14.7 Å². The smallest absolute Gasteiger partial charge is 0.228 e. The molecule has 0 unspecified atom stereocenters. The van der Waals surface area contributed by atoms with Crippen LogP contribution in [0, 0.1) is 11.3 Å². The SMILES string of the molecule is C[C@@H]1CN(c2ncccc2C#N)CCN1c1cc(-c2ccc3ccccc3c2)nc(N2CCOCC2)n1. The molecule has 0 saturated carbocycles. The number of morpholine rings is 1. The lowest BCUT2D eigenvalue weighted by Gasteiger charge is -2.41. The van der Waals surface area contributed by atoms with Gasteiger partial charge >= 0.3 is 0 Å². The van der Waals surface area contributed by atoms with Crippen molar-refractivity contribution in [2.75, 3.05) is 60.6 Å². The van der Waals surface area contributed by atoms with Crippen LogP contribution in [0.1, 0.15) is 12.5 Å². The summed E-state index contributed by atoms with van der Waals surface area (Å²) in [5.41, 5.74) is 2.61. The molecule has 4 aromatic rings. The number of hydrogen-bond donors (Lipinski definition) is 0. The van der Waals surface area contributed by atoms with Crippen molar-refractivity contribution in [3.63, 3.8) is 0 Å². The van der Waals surface area contributed by atoms with E-state index in [9.17, 15) is 5.26 Å². The third-order valence-corrected chi connectivity index (χ3v) is 7.17.